The molecular weight excluding hydrogens is 374 g/mol. The summed E-state index contributed by atoms with van der Waals surface area (Å²) in [6.45, 7) is 6.91. The highest BCUT2D eigenvalue weighted by molar-refractivity contribution is 5.94. The van der Waals surface area contributed by atoms with E-state index in [9.17, 15) is 9.59 Å². The molecule has 0 aliphatic carbocycles. The molecule has 2 aromatic heterocycles. The molecule has 1 aliphatic heterocycles. The molecule has 3 heterocycles. The van der Waals surface area contributed by atoms with Crippen molar-refractivity contribution in [3.05, 3.63) is 51.7 Å². The summed E-state index contributed by atoms with van der Waals surface area (Å²) in [7, 11) is 0. The van der Waals surface area contributed by atoms with Gasteiger partial charge in [-0.15, -0.1) is 0 Å². The Morgan fingerprint density at radius 1 is 1.24 bits per heavy atom. The van der Waals surface area contributed by atoms with Crippen LogP contribution < -0.4 is 20.3 Å². The van der Waals surface area contributed by atoms with Crippen LogP contribution in [0.4, 0.5) is 0 Å². The smallest absolute Gasteiger partial charge is 0.286 e. The van der Waals surface area contributed by atoms with Gasteiger partial charge in [0.05, 0.1) is 19.3 Å². The zero-order valence-electron chi connectivity index (χ0n) is 16.6. The van der Waals surface area contributed by atoms with Gasteiger partial charge in [0.15, 0.2) is 11.5 Å². The molecule has 152 valence electrons. The second-order valence-electron chi connectivity index (χ2n) is 7.37. The third-order valence-corrected chi connectivity index (χ3v) is 4.81. The van der Waals surface area contributed by atoms with E-state index in [4.69, 9.17) is 9.47 Å². The minimum absolute atomic E-state index is 0.0499. The van der Waals surface area contributed by atoms with Crippen LogP contribution in [0, 0.1) is 12.8 Å². The van der Waals surface area contributed by atoms with Crippen LogP contribution in [0.2, 0.25) is 0 Å². The number of carbonyl (C=O) groups is 1. The fourth-order valence-corrected chi connectivity index (χ4v) is 3.35. The number of hydrogen-bond donors (Lipinski definition) is 2. The predicted octanol–water partition coefficient (Wildman–Crippen LogP) is 2.01. The summed E-state index contributed by atoms with van der Waals surface area (Å²) in [6.07, 6.45) is 2.08. The number of H-pyrrole nitrogens is 1. The van der Waals surface area contributed by atoms with Crippen LogP contribution in [0.3, 0.4) is 0 Å². The highest BCUT2D eigenvalue weighted by atomic mass is 16.5. The normalized spacial score (nSPS) is 14.6. The zero-order valence-corrected chi connectivity index (χ0v) is 16.6. The number of nitrogens with one attached hydrogen (secondary N) is 2. The molecular formula is C20H23N5O4. The van der Waals surface area contributed by atoms with Crippen LogP contribution in [-0.4, -0.2) is 38.7 Å². The number of nitrogens with zero attached hydrogens (tertiary/aromatic N) is 3. The summed E-state index contributed by atoms with van der Waals surface area (Å²) < 4.78 is 12.6. The van der Waals surface area contributed by atoms with E-state index in [1.165, 1.54) is 10.7 Å². The van der Waals surface area contributed by atoms with Crippen molar-refractivity contribution in [1.29, 1.82) is 0 Å². The molecule has 3 aromatic rings. The maximum Gasteiger partial charge on any atom is 0.286 e. The lowest BCUT2D eigenvalue weighted by atomic mass is 9.95. The Morgan fingerprint density at radius 3 is 2.76 bits per heavy atom. The molecule has 1 aromatic carbocycles. The van der Waals surface area contributed by atoms with E-state index >= 15 is 0 Å². The molecule has 1 atom stereocenters. The minimum Gasteiger partial charge on any atom is -0.490 e. The van der Waals surface area contributed by atoms with Gasteiger partial charge in [0.25, 0.3) is 17.2 Å². The van der Waals surface area contributed by atoms with Crippen molar-refractivity contribution in [3.8, 4) is 11.5 Å². The van der Waals surface area contributed by atoms with E-state index in [1.807, 2.05) is 32.0 Å². The third kappa shape index (κ3) is 3.67. The van der Waals surface area contributed by atoms with Crippen LogP contribution in [-0.2, 0) is 0 Å². The lowest BCUT2D eigenvalue weighted by Gasteiger charge is -2.23. The monoisotopic (exact) mass is 397 g/mol. The largest absolute Gasteiger partial charge is 0.490 e. The van der Waals surface area contributed by atoms with Crippen molar-refractivity contribution in [2.24, 2.45) is 5.92 Å². The highest BCUT2D eigenvalue weighted by Crippen LogP contribution is 2.34. The first kappa shape index (κ1) is 19.0. The molecule has 0 spiro atoms. The lowest BCUT2D eigenvalue weighted by Crippen LogP contribution is -2.36. The summed E-state index contributed by atoms with van der Waals surface area (Å²) in [6, 6.07) is 5.33. The van der Waals surface area contributed by atoms with Crippen LogP contribution in [0.15, 0.2) is 29.2 Å². The van der Waals surface area contributed by atoms with Crippen LogP contribution in [0.25, 0.3) is 5.78 Å². The van der Waals surface area contributed by atoms with Gasteiger partial charge in [0, 0.05) is 12.6 Å². The molecule has 2 N–H and O–H groups in total. The van der Waals surface area contributed by atoms with Gasteiger partial charge in [-0.05, 0) is 30.5 Å². The van der Waals surface area contributed by atoms with E-state index in [0.29, 0.717) is 30.5 Å². The Kier molecular flexibility index (Phi) is 4.96. The van der Waals surface area contributed by atoms with Gasteiger partial charge in [-0.3, -0.25) is 14.7 Å². The van der Waals surface area contributed by atoms with E-state index in [0.717, 1.165) is 12.0 Å². The second-order valence-corrected chi connectivity index (χ2v) is 7.37. The number of hydrogen-bond acceptors (Lipinski definition) is 6. The van der Waals surface area contributed by atoms with E-state index < -0.39 is 11.5 Å². The van der Waals surface area contributed by atoms with Crippen LogP contribution in [0.1, 0.15) is 48.1 Å². The van der Waals surface area contributed by atoms with Gasteiger partial charge >= 0.3 is 0 Å². The Labute approximate surface area is 167 Å². The second kappa shape index (κ2) is 7.57. The standard InChI is InChI=1S/C20H23N5O4/c1-11(2)17(13-5-6-15-16(9-13)29-8-4-7-28-15)23-18(26)14-10-21-20-22-12(3)24-25(20)19(14)27/h5-6,9-11,17H,4,7-8H2,1-3H3,(H,23,26)(H,21,22,24). The van der Waals surface area contributed by atoms with Crippen LogP contribution in [0.5, 0.6) is 11.5 Å². The van der Waals surface area contributed by atoms with Gasteiger partial charge in [-0.1, -0.05) is 19.9 Å². The Bertz CT molecular complexity index is 1120. The molecule has 1 aliphatic rings. The molecule has 0 saturated heterocycles. The number of fused-ring (bicyclic) bond motifs is 2. The highest BCUT2D eigenvalue weighted by Gasteiger charge is 2.24. The fraction of sp³-hybridized carbons (Fsp3) is 0.400. The quantitative estimate of drug-likeness (QED) is 0.697. The average molecular weight is 397 g/mol. The maximum atomic E-state index is 12.9. The van der Waals surface area contributed by atoms with Crippen molar-refractivity contribution in [3.63, 3.8) is 0 Å². The minimum atomic E-state index is -0.491. The van der Waals surface area contributed by atoms with E-state index in [-0.39, 0.29) is 23.3 Å². The molecule has 0 saturated carbocycles. The van der Waals surface area contributed by atoms with Crippen LogP contribution >= 0.6 is 0 Å². The van der Waals surface area contributed by atoms with E-state index in [2.05, 4.69) is 20.4 Å². The summed E-state index contributed by atoms with van der Waals surface area (Å²) in [5, 5.41) is 5.75. The van der Waals surface area contributed by atoms with Gasteiger partial charge in [-0.25, -0.2) is 4.98 Å². The predicted molar refractivity (Wildman–Crippen MR) is 105 cm³/mol. The summed E-state index contributed by atoms with van der Waals surface area (Å²) in [4.78, 5) is 33.7. The van der Waals surface area contributed by atoms with Gasteiger partial charge in [0.2, 0.25) is 0 Å². The number of aromatic nitrogens is 4. The summed E-state index contributed by atoms with van der Waals surface area (Å²) in [5.41, 5.74) is 0.338. The van der Waals surface area contributed by atoms with E-state index in [1.54, 1.807) is 6.92 Å². The van der Waals surface area contributed by atoms with Gasteiger partial charge in [0.1, 0.15) is 11.4 Å². The molecule has 9 heteroatoms. The molecule has 4 rings (SSSR count). The van der Waals surface area contributed by atoms with Crippen molar-refractivity contribution < 1.29 is 14.3 Å². The number of ether oxygens (including phenoxy) is 2. The first-order valence-corrected chi connectivity index (χ1v) is 9.59. The van der Waals surface area contributed by atoms with Gasteiger partial charge in [-0.2, -0.15) is 9.50 Å². The summed E-state index contributed by atoms with van der Waals surface area (Å²) in [5.74, 6) is 1.72. The van der Waals surface area contributed by atoms with Gasteiger partial charge < -0.3 is 14.8 Å². The molecule has 0 radical (unpaired) electrons. The first-order valence-electron chi connectivity index (χ1n) is 9.59. The summed E-state index contributed by atoms with van der Waals surface area (Å²) >= 11 is 0. The Hall–Kier alpha value is -3.36. The number of benzene rings is 1. The fourth-order valence-electron chi connectivity index (χ4n) is 3.35. The molecule has 29 heavy (non-hydrogen) atoms. The first-order chi connectivity index (χ1) is 13.9. The van der Waals surface area contributed by atoms with Crippen molar-refractivity contribution in [2.75, 3.05) is 13.2 Å². The molecule has 1 unspecified atom stereocenters. The Balaban J connectivity index is 1.64. The average Bonchev–Trinajstić information content (AvgIpc) is 2.92. The zero-order chi connectivity index (χ0) is 20.5. The SMILES string of the molecule is Cc1nc2ncc(C(=O)NC(c3ccc4c(c3)OCCCO4)C(C)C)c(=O)n2[nH]1. The Morgan fingerprint density at radius 2 is 2.00 bits per heavy atom. The van der Waals surface area contributed by atoms with Crippen molar-refractivity contribution in [2.45, 2.75) is 33.2 Å². The maximum absolute atomic E-state index is 12.9. The van der Waals surface area contributed by atoms with Crippen molar-refractivity contribution >= 4 is 11.7 Å². The molecule has 1 amide bonds. The third-order valence-electron chi connectivity index (χ3n) is 4.81. The topological polar surface area (TPSA) is 111 Å². The number of rotatable bonds is 4. The molecule has 0 fully saturated rings. The molecule has 9 nitrogen and oxygen atoms in total. The number of aromatic amines is 1. The number of aryl methyl sites for hydroxylation is 1. The number of carbonyl (C=O) groups excluding carboxylic acids is 1. The number of amides is 1. The van der Waals surface area contributed by atoms with Crippen molar-refractivity contribution in [1.82, 2.24) is 24.9 Å². The lowest BCUT2D eigenvalue weighted by molar-refractivity contribution is 0.0923. The molecule has 0 bridgehead atoms.